The summed E-state index contributed by atoms with van der Waals surface area (Å²) in [4.78, 5) is 14.3. The van der Waals surface area contributed by atoms with Crippen molar-refractivity contribution in [3.8, 4) is 0 Å². The average molecular weight is 397 g/mol. The van der Waals surface area contributed by atoms with Gasteiger partial charge in [-0.25, -0.2) is 8.42 Å². The largest absolute Gasteiger partial charge is 0.312 e. The van der Waals surface area contributed by atoms with Gasteiger partial charge in [-0.2, -0.15) is 0 Å². The number of carbonyl (C=O) groups is 1. The Morgan fingerprint density at radius 2 is 2.04 bits per heavy atom. The lowest BCUT2D eigenvalue weighted by Crippen LogP contribution is -2.36. The molecule has 0 spiro atoms. The van der Waals surface area contributed by atoms with E-state index in [0.29, 0.717) is 16.6 Å². The first-order valence-corrected chi connectivity index (χ1v) is 10.8. The number of amides is 1. The summed E-state index contributed by atoms with van der Waals surface area (Å²) in [6.45, 7) is 0.694. The molecule has 1 N–H and O–H groups in total. The summed E-state index contributed by atoms with van der Waals surface area (Å²) in [6, 6.07) is 8.46. The highest BCUT2D eigenvalue weighted by Gasteiger charge is 2.35. The summed E-state index contributed by atoms with van der Waals surface area (Å²) in [7, 11) is -3.68. The number of anilines is 2. The number of hydrogen-bond acceptors (Lipinski definition) is 4. The number of fused-ring (bicyclic) bond motifs is 1. The Morgan fingerprint density at radius 3 is 2.72 bits per heavy atom. The van der Waals surface area contributed by atoms with Gasteiger partial charge in [0.25, 0.3) is 10.0 Å². The standard InChI is InChI=1S/C17H17ClN2O3S2/c18-15-7-8-16(24-15)25(22,23)19-13-6-5-11-2-1-9-20(14(11)10-13)17(21)12-3-4-12/h5-8,10,12,19H,1-4,9H2. The summed E-state index contributed by atoms with van der Waals surface area (Å²) in [6.07, 6.45) is 3.74. The van der Waals surface area contributed by atoms with Crippen molar-refractivity contribution >= 4 is 50.2 Å². The maximum Gasteiger partial charge on any atom is 0.271 e. The summed E-state index contributed by atoms with van der Waals surface area (Å²) in [5.41, 5.74) is 2.37. The molecule has 1 aliphatic carbocycles. The number of carbonyl (C=O) groups excluding carboxylic acids is 1. The molecule has 1 saturated carbocycles. The lowest BCUT2D eigenvalue weighted by atomic mass is 10.0. The number of nitrogens with one attached hydrogen (secondary N) is 1. The van der Waals surface area contributed by atoms with Crippen LogP contribution in [0.2, 0.25) is 4.34 Å². The van der Waals surface area contributed by atoms with E-state index < -0.39 is 10.0 Å². The zero-order valence-electron chi connectivity index (χ0n) is 13.4. The van der Waals surface area contributed by atoms with Crippen LogP contribution in [0.5, 0.6) is 0 Å². The number of aryl methyl sites for hydroxylation is 1. The summed E-state index contributed by atoms with van der Waals surface area (Å²) < 4.78 is 28.1. The summed E-state index contributed by atoms with van der Waals surface area (Å²) in [5.74, 6) is 0.297. The number of hydrogen-bond donors (Lipinski definition) is 1. The molecule has 1 fully saturated rings. The van der Waals surface area contributed by atoms with Crippen molar-refractivity contribution in [3.05, 3.63) is 40.2 Å². The Bertz CT molecular complexity index is 935. The first-order valence-electron chi connectivity index (χ1n) is 8.16. The van der Waals surface area contributed by atoms with E-state index in [4.69, 9.17) is 11.6 Å². The van der Waals surface area contributed by atoms with Crippen LogP contribution in [0.1, 0.15) is 24.8 Å². The quantitative estimate of drug-likeness (QED) is 0.852. The van der Waals surface area contributed by atoms with Gasteiger partial charge in [0.05, 0.1) is 10.0 Å². The van der Waals surface area contributed by atoms with Gasteiger partial charge in [0.2, 0.25) is 5.91 Å². The second kappa shape index (κ2) is 6.30. The van der Waals surface area contributed by atoms with Gasteiger partial charge in [0, 0.05) is 18.2 Å². The minimum Gasteiger partial charge on any atom is -0.312 e. The molecule has 1 aromatic carbocycles. The van der Waals surface area contributed by atoms with Crippen LogP contribution in [-0.2, 0) is 21.2 Å². The van der Waals surface area contributed by atoms with Crippen molar-refractivity contribution in [2.24, 2.45) is 5.92 Å². The van der Waals surface area contributed by atoms with Gasteiger partial charge in [-0.15, -0.1) is 11.3 Å². The molecule has 0 radical (unpaired) electrons. The van der Waals surface area contributed by atoms with Gasteiger partial charge in [-0.1, -0.05) is 17.7 Å². The number of halogens is 1. The van der Waals surface area contributed by atoms with Crippen LogP contribution in [0, 0.1) is 5.92 Å². The third-order valence-electron chi connectivity index (χ3n) is 4.46. The molecule has 132 valence electrons. The van der Waals surface area contributed by atoms with Crippen molar-refractivity contribution in [1.82, 2.24) is 0 Å². The van der Waals surface area contributed by atoms with Gasteiger partial charge >= 0.3 is 0 Å². The third kappa shape index (κ3) is 3.41. The predicted molar refractivity (Wildman–Crippen MR) is 100.0 cm³/mol. The van der Waals surface area contributed by atoms with Crippen LogP contribution in [-0.4, -0.2) is 20.9 Å². The Balaban J connectivity index is 1.63. The van der Waals surface area contributed by atoms with Crippen LogP contribution >= 0.6 is 22.9 Å². The van der Waals surface area contributed by atoms with Crippen molar-refractivity contribution < 1.29 is 13.2 Å². The minimum atomic E-state index is -3.68. The number of benzene rings is 1. The van der Waals surface area contributed by atoms with E-state index in [0.717, 1.165) is 48.3 Å². The molecular formula is C17H17ClN2O3S2. The van der Waals surface area contributed by atoms with Gasteiger partial charge in [-0.3, -0.25) is 9.52 Å². The monoisotopic (exact) mass is 396 g/mol. The van der Waals surface area contributed by atoms with Gasteiger partial charge in [0.1, 0.15) is 4.21 Å². The van der Waals surface area contributed by atoms with E-state index in [-0.39, 0.29) is 16.0 Å². The van der Waals surface area contributed by atoms with E-state index in [1.54, 1.807) is 18.2 Å². The first kappa shape index (κ1) is 16.9. The molecule has 2 heterocycles. The Kier molecular flexibility index (Phi) is 4.25. The second-order valence-electron chi connectivity index (χ2n) is 6.38. The lowest BCUT2D eigenvalue weighted by Gasteiger charge is -2.30. The Labute approximate surface area is 155 Å². The van der Waals surface area contributed by atoms with Crippen LogP contribution in [0.4, 0.5) is 11.4 Å². The average Bonchev–Trinajstić information content (AvgIpc) is 3.34. The molecule has 1 aromatic heterocycles. The predicted octanol–water partition coefficient (Wildman–Crippen LogP) is 3.89. The fourth-order valence-electron chi connectivity index (χ4n) is 3.07. The molecule has 0 atom stereocenters. The number of rotatable bonds is 4. The fraction of sp³-hybridized carbons (Fsp3) is 0.353. The summed E-state index contributed by atoms with van der Waals surface area (Å²) in [5, 5.41) is 0. The molecule has 4 rings (SSSR count). The smallest absolute Gasteiger partial charge is 0.271 e. The third-order valence-corrected chi connectivity index (χ3v) is 7.57. The molecule has 8 heteroatoms. The minimum absolute atomic E-state index is 0.138. The molecule has 0 unspecified atom stereocenters. The molecule has 1 aliphatic heterocycles. The maximum atomic E-state index is 12.5. The van der Waals surface area contributed by atoms with Gasteiger partial charge in [0.15, 0.2) is 0 Å². The molecule has 0 saturated heterocycles. The number of nitrogens with zero attached hydrogens (tertiary/aromatic N) is 1. The van der Waals surface area contributed by atoms with E-state index in [2.05, 4.69) is 4.72 Å². The van der Waals surface area contributed by atoms with Crippen LogP contribution in [0.25, 0.3) is 0 Å². The maximum absolute atomic E-state index is 12.5. The van der Waals surface area contributed by atoms with Gasteiger partial charge in [-0.05, 0) is 55.5 Å². The molecule has 0 bridgehead atoms. The highest BCUT2D eigenvalue weighted by molar-refractivity contribution is 7.94. The first-order chi connectivity index (χ1) is 11.9. The second-order valence-corrected chi connectivity index (χ2v) is 10.00. The van der Waals surface area contributed by atoms with Crippen LogP contribution in [0.15, 0.2) is 34.5 Å². The highest BCUT2D eigenvalue weighted by Crippen LogP contribution is 2.37. The fourth-order valence-corrected chi connectivity index (χ4v) is 5.60. The number of thiophene rings is 1. The molecule has 5 nitrogen and oxygen atoms in total. The molecule has 25 heavy (non-hydrogen) atoms. The molecule has 2 aromatic rings. The summed E-state index contributed by atoms with van der Waals surface area (Å²) >= 11 is 6.85. The topological polar surface area (TPSA) is 66.5 Å². The van der Waals surface area contributed by atoms with Crippen molar-refractivity contribution in [3.63, 3.8) is 0 Å². The van der Waals surface area contributed by atoms with Crippen molar-refractivity contribution in [2.75, 3.05) is 16.2 Å². The van der Waals surface area contributed by atoms with E-state index in [1.165, 1.54) is 6.07 Å². The molecular weight excluding hydrogens is 380 g/mol. The van der Waals surface area contributed by atoms with Crippen molar-refractivity contribution in [1.29, 1.82) is 0 Å². The zero-order chi connectivity index (χ0) is 17.6. The Hall–Kier alpha value is -1.57. The van der Waals surface area contributed by atoms with Crippen LogP contribution in [0.3, 0.4) is 0 Å². The van der Waals surface area contributed by atoms with Crippen molar-refractivity contribution in [2.45, 2.75) is 29.9 Å². The molecule has 2 aliphatic rings. The van der Waals surface area contributed by atoms with E-state index in [9.17, 15) is 13.2 Å². The van der Waals surface area contributed by atoms with E-state index >= 15 is 0 Å². The molecule has 1 amide bonds. The Morgan fingerprint density at radius 1 is 1.24 bits per heavy atom. The number of sulfonamides is 1. The van der Waals surface area contributed by atoms with Gasteiger partial charge < -0.3 is 4.90 Å². The zero-order valence-corrected chi connectivity index (χ0v) is 15.8. The SMILES string of the molecule is O=C(C1CC1)N1CCCc2ccc(NS(=O)(=O)c3ccc(Cl)s3)cc21. The highest BCUT2D eigenvalue weighted by atomic mass is 35.5. The van der Waals surface area contributed by atoms with Crippen LogP contribution < -0.4 is 9.62 Å². The lowest BCUT2D eigenvalue weighted by molar-refractivity contribution is -0.119. The van der Waals surface area contributed by atoms with E-state index in [1.807, 2.05) is 11.0 Å². The normalized spacial score (nSPS) is 17.2.